The molecule has 162 valence electrons. The van der Waals surface area contributed by atoms with Crippen molar-refractivity contribution in [3.63, 3.8) is 0 Å². The Balaban J connectivity index is 0.00000420. The predicted molar refractivity (Wildman–Crippen MR) is 131 cm³/mol. The van der Waals surface area contributed by atoms with E-state index in [0.717, 1.165) is 6.42 Å². The maximum Gasteiger partial charge on any atom is 0.0241 e. The van der Waals surface area contributed by atoms with Gasteiger partial charge in [0.05, 0.1) is 0 Å². The monoisotopic (exact) mass is 415 g/mol. The predicted octanol–water partition coefficient (Wildman–Crippen LogP) is 8.27. The van der Waals surface area contributed by atoms with Gasteiger partial charge in [0.25, 0.3) is 0 Å². The van der Waals surface area contributed by atoms with Crippen LogP contribution in [0.5, 0.6) is 0 Å². The molecule has 0 aliphatic heterocycles. The smallest absolute Gasteiger partial charge is 0.0241 e. The van der Waals surface area contributed by atoms with Crippen molar-refractivity contribution < 1.29 is 0 Å². The van der Waals surface area contributed by atoms with Crippen LogP contribution in [0, 0.1) is 0 Å². The van der Waals surface area contributed by atoms with Crippen LogP contribution < -0.4 is 5.73 Å². The molecular formula is C27H42ClN. The van der Waals surface area contributed by atoms with Crippen molar-refractivity contribution in [2.24, 2.45) is 5.73 Å². The summed E-state index contributed by atoms with van der Waals surface area (Å²) >= 11 is 0. The topological polar surface area (TPSA) is 26.0 Å². The van der Waals surface area contributed by atoms with E-state index < -0.39 is 0 Å². The van der Waals surface area contributed by atoms with Gasteiger partial charge in [0, 0.05) is 12.0 Å². The van der Waals surface area contributed by atoms with Crippen LogP contribution in [0.15, 0.2) is 60.7 Å². The highest BCUT2D eigenvalue weighted by Gasteiger charge is 2.21. The van der Waals surface area contributed by atoms with E-state index in [9.17, 15) is 0 Å². The largest absolute Gasteiger partial charge is 0.327 e. The van der Waals surface area contributed by atoms with Crippen LogP contribution in [0.25, 0.3) is 0 Å². The first-order valence-electron chi connectivity index (χ1n) is 11.7. The van der Waals surface area contributed by atoms with Gasteiger partial charge >= 0.3 is 0 Å². The van der Waals surface area contributed by atoms with Gasteiger partial charge in [-0.2, -0.15) is 0 Å². The molecule has 0 amide bonds. The van der Waals surface area contributed by atoms with Gasteiger partial charge in [0.1, 0.15) is 0 Å². The molecule has 0 spiro atoms. The summed E-state index contributed by atoms with van der Waals surface area (Å²) in [5.41, 5.74) is 9.38. The summed E-state index contributed by atoms with van der Waals surface area (Å²) in [6.07, 6.45) is 16.3. The highest BCUT2D eigenvalue weighted by atomic mass is 35.5. The van der Waals surface area contributed by atoms with Gasteiger partial charge in [-0.3, -0.25) is 0 Å². The quantitative estimate of drug-likeness (QED) is 0.291. The molecule has 1 unspecified atom stereocenters. The number of benzene rings is 2. The third-order valence-electron chi connectivity index (χ3n) is 5.89. The zero-order valence-electron chi connectivity index (χ0n) is 18.4. The number of halogens is 1. The second-order valence-electron chi connectivity index (χ2n) is 8.29. The highest BCUT2D eigenvalue weighted by molar-refractivity contribution is 5.85. The molecule has 29 heavy (non-hydrogen) atoms. The van der Waals surface area contributed by atoms with E-state index in [2.05, 4.69) is 67.6 Å². The molecule has 0 aliphatic rings. The fraction of sp³-hybridized carbons (Fsp3) is 0.556. The van der Waals surface area contributed by atoms with Gasteiger partial charge in [-0.25, -0.2) is 0 Å². The molecule has 0 aromatic heterocycles. The maximum absolute atomic E-state index is 6.70. The van der Waals surface area contributed by atoms with Crippen molar-refractivity contribution >= 4 is 12.4 Å². The highest BCUT2D eigenvalue weighted by Crippen LogP contribution is 2.29. The van der Waals surface area contributed by atoms with Crippen molar-refractivity contribution in [2.45, 2.75) is 95.9 Å². The molecule has 1 atom stereocenters. The average molecular weight is 416 g/mol. The first-order chi connectivity index (χ1) is 13.8. The van der Waals surface area contributed by atoms with Crippen molar-refractivity contribution in [1.82, 2.24) is 0 Å². The fourth-order valence-electron chi connectivity index (χ4n) is 4.22. The zero-order chi connectivity index (χ0) is 19.9. The number of hydrogen-bond donors (Lipinski definition) is 1. The molecule has 2 heteroatoms. The minimum Gasteiger partial charge on any atom is -0.327 e. The van der Waals surface area contributed by atoms with E-state index >= 15 is 0 Å². The SMILES string of the molecule is CCCCCCCCCCCCCC(N)C(c1ccccc1)c1ccccc1.Cl. The van der Waals surface area contributed by atoms with Gasteiger partial charge in [0.15, 0.2) is 0 Å². The molecule has 0 fully saturated rings. The third kappa shape index (κ3) is 10.3. The lowest BCUT2D eigenvalue weighted by Crippen LogP contribution is -2.29. The molecule has 0 heterocycles. The van der Waals surface area contributed by atoms with Crippen LogP contribution in [0.1, 0.15) is 101 Å². The summed E-state index contributed by atoms with van der Waals surface area (Å²) in [5, 5.41) is 0. The van der Waals surface area contributed by atoms with Gasteiger partial charge in [0.2, 0.25) is 0 Å². The van der Waals surface area contributed by atoms with E-state index in [1.165, 1.54) is 81.8 Å². The third-order valence-corrected chi connectivity index (χ3v) is 5.89. The standard InChI is InChI=1S/C27H41N.ClH/c1-2-3-4-5-6-7-8-9-10-11-18-23-26(28)27(24-19-14-12-15-20-24)25-21-16-13-17-22-25;/h12-17,19-22,26-27H,2-11,18,23,28H2,1H3;1H. The van der Waals surface area contributed by atoms with Crippen molar-refractivity contribution in [2.75, 3.05) is 0 Å². The van der Waals surface area contributed by atoms with Crippen molar-refractivity contribution in [1.29, 1.82) is 0 Å². The first kappa shape index (κ1) is 25.7. The Labute approximate surface area is 185 Å². The average Bonchev–Trinajstić information content (AvgIpc) is 2.74. The number of rotatable bonds is 15. The molecular weight excluding hydrogens is 374 g/mol. The summed E-state index contributed by atoms with van der Waals surface area (Å²) in [6.45, 7) is 2.29. The minimum absolute atomic E-state index is 0. The van der Waals surface area contributed by atoms with Crippen LogP contribution in [0.4, 0.5) is 0 Å². The Kier molecular flexibility index (Phi) is 14.6. The number of unbranched alkanes of at least 4 members (excludes halogenated alkanes) is 10. The summed E-state index contributed by atoms with van der Waals surface area (Å²) in [5.74, 6) is 0.297. The molecule has 0 bridgehead atoms. The van der Waals surface area contributed by atoms with Gasteiger partial charge in [-0.15, -0.1) is 12.4 Å². The molecule has 0 radical (unpaired) electrons. The number of hydrogen-bond acceptors (Lipinski definition) is 1. The van der Waals surface area contributed by atoms with E-state index in [1.54, 1.807) is 0 Å². The van der Waals surface area contributed by atoms with E-state index in [0.29, 0.717) is 5.92 Å². The Morgan fingerprint density at radius 2 is 0.966 bits per heavy atom. The maximum atomic E-state index is 6.70. The lowest BCUT2D eigenvalue weighted by molar-refractivity contribution is 0.495. The van der Waals surface area contributed by atoms with Crippen LogP contribution >= 0.6 is 12.4 Å². The van der Waals surface area contributed by atoms with Crippen molar-refractivity contribution in [3.8, 4) is 0 Å². The van der Waals surface area contributed by atoms with Gasteiger partial charge in [-0.05, 0) is 17.5 Å². The summed E-state index contributed by atoms with van der Waals surface area (Å²) < 4.78 is 0. The van der Waals surface area contributed by atoms with E-state index in [-0.39, 0.29) is 18.4 Å². The summed E-state index contributed by atoms with van der Waals surface area (Å²) in [4.78, 5) is 0. The van der Waals surface area contributed by atoms with Crippen molar-refractivity contribution in [3.05, 3.63) is 71.8 Å². The van der Waals surface area contributed by atoms with Crippen LogP contribution in [0.2, 0.25) is 0 Å². The number of nitrogens with two attached hydrogens (primary N) is 1. The first-order valence-corrected chi connectivity index (χ1v) is 11.7. The lowest BCUT2D eigenvalue weighted by atomic mass is 9.83. The van der Waals surface area contributed by atoms with E-state index in [4.69, 9.17) is 5.73 Å². The fourth-order valence-corrected chi connectivity index (χ4v) is 4.22. The second kappa shape index (κ2) is 16.5. The Morgan fingerprint density at radius 1 is 0.586 bits per heavy atom. The summed E-state index contributed by atoms with van der Waals surface area (Å²) in [6, 6.07) is 21.7. The normalized spacial score (nSPS) is 12.0. The Morgan fingerprint density at radius 3 is 1.38 bits per heavy atom. The van der Waals surface area contributed by atoms with Crippen LogP contribution in [-0.2, 0) is 0 Å². The molecule has 0 saturated heterocycles. The second-order valence-corrected chi connectivity index (χ2v) is 8.29. The lowest BCUT2D eigenvalue weighted by Gasteiger charge is -2.25. The Bertz CT molecular complexity index is 559. The van der Waals surface area contributed by atoms with E-state index in [1.807, 2.05) is 0 Å². The minimum atomic E-state index is 0. The zero-order valence-corrected chi connectivity index (χ0v) is 19.2. The van der Waals surface area contributed by atoms with Crippen LogP contribution in [0.3, 0.4) is 0 Å². The molecule has 0 aliphatic carbocycles. The van der Waals surface area contributed by atoms with Gasteiger partial charge < -0.3 is 5.73 Å². The Hall–Kier alpha value is -1.31. The molecule has 2 N–H and O–H groups in total. The molecule has 1 nitrogen and oxygen atoms in total. The summed E-state index contributed by atoms with van der Waals surface area (Å²) in [7, 11) is 0. The molecule has 2 rings (SSSR count). The molecule has 0 saturated carbocycles. The van der Waals surface area contributed by atoms with Gasteiger partial charge in [-0.1, -0.05) is 138 Å². The molecule has 2 aromatic carbocycles. The molecule has 2 aromatic rings. The van der Waals surface area contributed by atoms with Crippen LogP contribution in [-0.4, -0.2) is 6.04 Å².